The van der Waals surface area contributed by atoms with E-state index >= 15 is 8.78 Å². The summed E-state index contributed by atoms with van der Waals surface area (Å²) in [6.07, 6.45) is 3.11. The number of carbonyl (C=O) groups is 1. The fourth-order valence-electron chi connectivity index (χ4n) is 6.25. The van der Waals surface area contributed by atoms with Crippen molar-refractivity contribution in [3.8, 4) is 17.0 Å². The van der Waals surface area contributed by atoms with Gasteiger partial charge >= 0.3 is 5.69 Å². The second-order valence-corrected chi connectivity index (χ2v) is 11.9. The highest BCUT2D eigenvalue weighted by Crippen LogP contribution is 2.38. The molecule has 0 unspecified atom stereocenters. The third-order valence-corrected chi connectivity index (χ3v) is 8.44. The van der Waals surface area contributed by atoms with E-state index < -0.39 is 24.0 Å². The molecule has 1 amide bonds. The molecule has 0 N–H and O–H groups in total. The number of pyridine rings is 1. The monoisotopic (exact) mass is 649 g/mol. The van der Waals surface area contributed by atoms with Gasteiger partial charge in [-0.05, 0) is 63.6 Å². The predicted molar refractivity (Wildman–Crippen MR) is 178 cm³/mol. The van der Waals surface area contributed by atoms with Gasteiger partial charge in [-0.15, -0.1) is 0 Å². The number of ether oxygens (including phenoxy) is 1. The number of carbonyl (C=O) groups excluding carboxylic acids is 1. The van der Waals surface area contributed by atoms with Crippen molar-refractivity contribution in [2.75, 3.05) is 38.3 Å². The Hall–Kier alpha value is -4.81. The number of aliphatic imine (C=N–C) groups is 2. The number of aromatic nitrogens is 3. The van der Waals surface area contributed by atoms with Crippen LogP contribution >= 0.6 is 0 Å². The summed E-state index contributed by atoms with van der Waals surface area (Å²) < 4.78 is 51.6. The number of rotatable bonds is 6. The lowest BCUT2D eigenvalue weighted by Crippen LogP contribution is -2.58. The van der Waals surface area contributed by atoms with Gasteiger partial charge in [0, 0.05) is 38.3 Å². The van der Waals surface area contributed by atoms with Gasteiger partial charge in [-0.25, -0.2) is 27.5 Å². The summed E-state index contributed by atoms with van der Waals surface area (Å²) in [7, 11) is 1.61. The molecule has 0 radical (unpaired) electrons. The molecule has 3 aromatic rings. The molecular formula is C34H38F3N7O3. The van der Waals surface area contributed by atoms with Crippen LogP contribution in [-0.4, -0.2) is 83.3 Å². The number of alkyl halides is 1. The Balaban J connectivity index is 1.84. The molecule has 5 rings (SSSR count). The van der Waals surface area contributed by atoms with Crippen molar-refractivity contribution in [2.45, 2.75) is 52.6 Å². The number of nitrogens with zero attached hydrogens (tertiary/aromatic N) is 7. The van der Waals surface area contributed by atoms with Crippen molar-refractivity contribution < 1.29 is 22.7 Å². The van der Waals surface area contributed by atoms with Gasteiger partial charge in [-0.2, -0.15) is 4.98 Å². The smallest absolute Gasteiger partial charge is 0.355 e. The molecule has 1 fully saturated rings. The molecule has 10 nitrogen and oxygen atoms in total. The zero-order valence-electron chi connectivity index (χ0n) is 27.1. The van der Waals surface area contributed by atoms with Crippen molar-refractivity contribution in [1.29, 1.82) is 0 Å². The van der Waals surface area contributed by atoms with Crippen LogP contribution in [0.1, 0.15) is 40.5 Å². The number of piperazine rings is 1. The molecule has 2 aromatic heterocycles. The Morgan fingerprint density at radius 1 is 1.17 bits per heavy atom. The summed E-state index contributed by atoms with van der Waals surface area (Å²) in [5, 5.41) is 0.193. The number of allylic oxidation sites excluding steroid dienone is 3. The van der Waals surface area contributed by atoms with E-state index in [4.69, 9.17) is 4.74 Å². The third-order valence-electron chi connectivity index (χ3n) is 8.44. The standard InChI is InChI=1S/C34H38F3N7O3/c1-19(2)29(39-6)31-25(38-5)11-9-15-47-26-12-7-10-23(36)28(26)30-24(37)16-22-32(41-34(46)44(31)33(22)40-30)43-18-20(3)42(17-21(43)4)27(45)13-8-14-35/h7-8,10,12-13,16,19-21H,5,9,11,14-15,17-18H2,1-4,6H3/b13-8+,31-25+,39-29?/t20-,21+/m1/s1. The number of halogens is 3. The zero-order chi connectivity index (χ0) is 34.0. The summed E-state index contributed by atoms with van der Waals surface area (Å²) in [6.45, 7) is 11.2. The van der Waals surface area contributed by atoms with Crippen molar-refractivity contribution in [3.05, 3.63) is 64.2 Å². The van der Waals surface area contributed by atoms with E-state index in [1.165, 1.54) is 28.8 Å². The normalized spacial score (nSPS) is 20.7. The van der Waals surface area contributed by atoms with E-state index in [2.05, 4.69) is 26.7 Å². The van der Waals surface area contributed by atoms with Crippen LogP contribution in [0, 0.1) is 17.6 Å². The van der Waals surface area contributed by atoms with E-state index in [9.17, 15) is 14.0 Å². The first kappa shape index (κ1) is 33.6. The molecular weight excluding hydrogens is 611 g/mol. The van der Waals surface area contributed by atoms with Crippen LogP contribution in [0.2, 0.25) is 0 Å². The molecule has 1 saturated heterocycles. The zero-order valence-corrected chi connectivity index (χ0v) is 27.1. The van der Waals surface area contributed by atoms with Crippen LogP contribution in [0.4, 0.5) is 19.0 Å². The lowest BCUT2D eigenvalue weighted by molar-refractivity contribution is -0.128. The van der Waals surface area contributed by atoms with Gasteiger partial charge in [0.25, 0.3) is 0 Å². The minimum absolute atomic E-state index is 0.0216. The molecule has 2 aliphatic rings. The predicted octanol–water partition coefficient (Wildman–Crippen LogP) is 5.46. The Morgan fingerprint density at radius 2 is 1.94 bits per heavy atom. The van der Waals surface area contributed by atoms with Gasteiger partial charge in [-0.1, -0.05) is 19.9 Å². The molecule has 13 heteroatoms. The third kappa shape index (κ3) is 6.30. The molecule has 2 aliphatic heterocycles. The van der Waals surface area contributed by atoms with E-state index in [0.717, 1.165) is 6.08 Å². The summed E-state index contributed by atoms with van der Waals surface area (Å²) in [6, 6.07) is 4.68. The summed E-state index contributed by atoms with van der Waals surface area (Å²) >= 11 is 0. The quantitative estimate of drug-likeness (QED) is 0.260. The highest BCUT2D eigenvalue weighted by Gasteiger charge is 2.35. The maximum absolute atomic E-state index is 16.3. The van der Waals surface area contributed by atoms with Crippen LogP contribution < -0.4 is 15.3 Å². The largest absolute Gasteiger partial charge is 0.493 e. The van der Waals surface area contributed by atoms with E-state index in [0.29, 0.717) is 29.9 Å². The minimum atomic E-state index is -0.843. The fraction of sp³-hybridized carbons (Fsp3) is 0.412. The molecule has 248 valence electrons. The second-order valence-electron chi connectivity index (χ2n) is 11.9. The lowest BCUT2D eigenvalue weighted by Gasteiger charge is -2.44. The van der Waals surface area contributed by atoms with Gasteiger partial charge in [0.05, 0.1) is 34.7 Å². The highest BCUT2D eigenvalue weighted by atomic mass is 19.1. The van der Waals surface area contributed by atoms with Crippen molar-refractivity contribution in [2.24, 2.45) is 15.9 Å². The number of fused-ring (bicyclic) bond motifs is 3. The summed E-state index contributed by atoms with van der Waals surface area (Å²) in [5.41, 5.74) is 0.0979. The first-order chi connectivity index (χ1) is 22.5. The van der Waals surface area contributed by atoms with Gasteiger partial charge in [-0.3, -0.25) is 14.8 Å². The average Bonchev–Trinajstić information content (AvgIpc) is 3.03. The SMILES string of the molecule is C=N/C1=C(\C(=NC)C(C)C)n2c(=O)nc(N3C[C@@H](C)N(C(=O)/C=C/CF)C[C@@H]3C)c3cc(F)c(nc32)-c2c(F)cccc2OCCC1. The molecule has 0 saturated carbocycles. The molecule has 4 heterocycles. The highest BCUT2D eigenvalue weighted by molar-refractivity contribution is 6.21. The molecule has 0 aliphatic carbocycles. The minimum Gasteiger partial charge on any atom is -0.493 e. The van der Waals surface area contributed by atoms with Crippen molar-refractivity contribution in [1.82, 2.24) is 19.4 Å². The van der Waals surface area contributed by atoms with Crippen molar-refractivity contribution >= 4 is 40.9 Å². The molecule has 2 bridgehead atoms. The number of amides is 1. The first-order valence-electron chi connectivity index (χ1n) is 15.5. The van der Waals surface area contributed by atoms with Gasteiger partial charge in [0.15, 0.2) is 11.5 Å². The van der Waals surface area contributed by atoms with Crippen LogP contribution in [0.3, 0.4) is 0 Å². The summed E-state index contributed by atoms with van der Waals surface area (Å²) in [4.78, 5) is 48.5. The number of benzene rings is 1. The molecule has 2 atom stereocenters. The summed E-state index contributed by atoms with van der Waals surface area (Å²) in [5.74, 6) is -1.82. The fourth-order valence-corrected chi connectivity index (χ4v) is 6.25. The Labute approximate surface area is 271 Å². The lowest BCUT2D eigenvalue weighted by atomic mass is 10.0. The average molecular weight is 650 g/mol. The van der Waals surface area contributed by atoms with E-state index in [-0.39, 0.29) is 77.5 Å². The Bertz CT molecular complexity index is 1870. The molecule has 47 heavy (non-hydrogen) atoms. The van der Waals surface area contributed by atoms with Crippen LogP contribution in [0.5, 0.6) is 5.75 Å². The number of hydrogen-bond donors (Lipinski definition) is 0. The van der Waals surface area contributed by atoms with E-state index in [1.54, 1.807) is 18.0 Å². The number of anilines is 1. The van der Waals surface area contributed by atoms with Crippen LogP contribution in [-0.2, 0) is 4.79 Å². The van der Waals surface area contributed by atoms with Crippen LogP contribution in [0.15, 0.2) is 56.9 Å². The Morgan fingerprint density at radius 3 is 2.62 bits per heavy atom. The van der Waals surface area contributed by atoms with Gasteiger partial charge < -0.3 is 14.5 Å². The first-order valence-corrected chi connectivity index (χ1v) is 15.5. The van der Waals surface area contributed by atoms with Crippen LogP contribution in [0.25, 0.3) is 28.0 Å². The van der Waals surface area contributed by atoms with Gasteiger partial charge in [0.1, 0.15) is 29.8 Å². The number of hydrogen-bond acceptors (Lipinski definition) is 8. The molecule has 0 spiro atoms. The topological polar surface area (TPSA) is 105 Å². The maximum Gasteiger partial charge on any atom is 0.355 e. The Kier molecular flexibility index (Phi) is 9.92. The van der Waals surface area contributed by atoms with Gasteiger partial charge in [0.2, 0.25) is 5.91 Å². The maximum atomic E-state index is 16.3. The second kappa shape index (κ2) is 13.9. The molecule has 1 aromatic carbocycles. The van der Waals surface area contributed by atoms with E-state index in [1.807, 2.05) is 32.6 Å². The van der Waals surface area contributed by atoms with Crippen molar-refractivity contribution in [3.63, 3.8) is 0 Å².